The Morgan fingerprint density at radius 2 is 1.91 bits per heavy atom. The van der Waals surface area contributed by atoms with Gasteiger partial charge in [0.15, 0.2) is 0 Å². The number of aliphatic hydroxyl groups excluding tert-OH is 1. The highest BCUT2D eigenvalue weighted by atomic mass is 16.5. The molecule has 162 valence electrons. The molecule has 2 aliphatic rings. The highest BCUT2D eigenvalue weighted by Gasteiger charge is 2.47. The van der Waals surface area contributed by atoms with Crippen molar-refractivity contribution in [1.82, 2.24) is 4.90 Å². The fourth-order valence-electron chi connectivity index (χ4n) is 4.47. The van der Waals surface area contributed by atoms with Crippen molar-refractivity contribution in [2.45, 2.75) is 31.9 Å². The van der Waals surface area contributed by atoms with Crippen LogP contribution < -0.4 is 4.74 Å². The number of furan rings is 1. The lowest BCUT2D eigenvalue weighted by atomic mass is 9.97. The second-order valence-corrected chi connectivity index (χ2v) is 8.20. The maximum Gasteiger partial charge on any atom is 0.295 e. The molecule has 32 heavy (non-hydrogen) atoms. The predicted octanol–water partition coefficient (Wildman–Crippen LogP) is 4.27. The van der Waals surface area contributed by atoms with E-state index < -0.39 is 17.7 Å². The Morgan fingerprint density at radius 3 is 2.66 bits per heavy atom. The van der Waals surface area contributed by atoms with Crippen LogP contribution in [0.25, 0.3) is 5.76 Å². The summed E-state index contributed by atoms with van der Waals surface area (Å²) in [6, 6.07) is 17.7. The second kappa shape index (κ2) is 8.04. The fourth-order valence-corrected chi connectivity index (χ4v) is 4.47. The first kappa shape index (κ1) is 20.1. The SMILES string of the molecule is C[C@@H]1Cc2cc(/C(O)=C3\C(=O)C(=O)N(CCc4ccccc4)[C@H]3c3ccco3)ccc2O1. The third-order valence-electron chi connectivity index (χ3n) is 6.01. The van der Waals surface area contributed by atoms with Crippen molar-refractivity contribution in [1.29, 1.82) is 0 Å². The number of likely N-dealkylation sites (tertiary alicyclic amines) is 1. The zero-order valence-electron chi connectivity index (χ0n) is 17.7. The summed E-state index contributed by atoms with van der Waals surface area (Å²) in [4.78, 5) is 27.5. The number of aliphatic hydroxyl groups is 1. The zero-order valence-corrected chi connectivity index (χ0v) is 17.7. The standard InChI is InChI=1S/C26H23NO5/c1-16-14-19-15-18(9-10-20(19)32-16)24(28)22-23(21-8-5-13-31-21)27(26(30)25(22)29)12-11-17-6-3-2-4-7-17/h2-10,13,15-16,23,28H,11-12,14H2,1H3/b24-22+/t16-,23+/m1/s1. The summed E-state index contributed by atoms with van der Waals surface area (Å²) in [5, 5.41) is 11.2. The van der Waals surface area contributed by atoms with E-state index in [2.05, 4.69) is 0 Å². The summed E-state index contributed by atoms with van der Waals surface area (Å²) in [5.74, 6) is -0.324. The number of hydrogen-bond donors (Lipinski definition) is 1. The molecule has 5 rings (SSSR count). The lowest BCUT2D eigenvalue weighted by Gasteiger charge is -2.23. The van der Waals surface area contributed by atoms with Crippen molar-refractivity contribution >= 4 is 17.4 Å². The van der Waals surface area contributed by atoms with Gasteiger partial charge in [0, 0.05) is 18.5 Å². The first-order valence-electron chi connectivity index (χ1n) is 10.7. The molecule has 0 spiro atoms. The van der Waals surface area contributed by atoms with Gasteiger partial charge in [-0.15, -0.1) is 0 Å². The van der Waals surface area contributed by atoms with Gasteiger partial charge < -0.3 is 19.2 Å². The number of carbonyl (C=O) groups is 2. The molecule has 1 aromatic heterocycles. The van der Waals surface area contributed by atoms with E-state index in [1.807, 2.05) is 43.3 Å². The van der Waals surface area contributed by atoms with Crippen molar-refractivity contribution in [2.75, 3.05) is 6.54 Å². The monoisotopic (exact) mass is 429 g/mol. The van der Waals surface area contributed by atoms with Gasteiger partial charge in [-0.25, -0.2) is 0 Å². The lowest BCUT2D eigenvalue weighted by Crippen LogP contribution is -2.31. The molecule has 2 aliphatic heterocycles. The van der Waals surface area contributed by atoms with E-state index in [9.17, 15) is 14.7 Å². The highest BCUT2D eigenvalue weighted by molar-refractivity contribution is 6.46. The molecule has 0 bridgehead atoms. The Hall–Kier alpha value is -3.80. The molecule has 1 amide bonds. The summed E-state index contributed by atoms with van der Waals surface area (Å²) >= 11 is 0. The van der Waals surface area contributed by atoms with E-state index in [1.54, 1.807) is 24.3 Å². The van der Waals surface area contributed by atoms with Gasteiger partial charge in [0.05, 0.1) is 11.8 Å². The van der Waals surface area contributed by atoms with Crippen LogP contribution in [0.2, 0.25) is 0 Å². The molecule has 3 aromatic rings. The van der Waals surface area contributed by atoms with Crippen LogP contribution in [0.15, 0.2) is 76.9 Å². The van der Waals surface area contributed by atoms with Gasteiger partial charge in [-0.2, -0.15) is 0 Å². The molecule has 6 nitrogen and oxygen atoms in total. The van der Waals surface area contributed by atoms with Crippen molar-refractivity contribution in [3.05, 3.63) is 95.0 Å². The van der Waals surface area contributed by atoms with Crippen LogP contribution in [0.5, 0.6) is 5.75 Å². The van der Waals surface area contributed by atoms with Crippen molar-refractivity contribution in [2.24, 2.45) is 0 Å². The smallest absolute Gasteiger partial charge is 0.295 e. The van der Waals surface area contributed by atoms with Crippen molar-refractivity contribution < 1.29 is 23.8 Å². The minimum Gasteiger partial charge on any atom is -0.507 e. The summed E-state index contributed by atoms with van der Waals surface area (Å²) in [6.45, 7) is 2.31. The first-order valence-corrected chi connectivity index (χ1v) is 10.7. The van der Waals surface area contributed by atoms with Crippen LogP contribution in [-0.4, -0.2) is 34.3 Å². The van der Waals surface area contributed by atoms with Crippen molar-refractivity contribution in [3.8, 4) is 5.75 Å². The number of hydrogen-bond acceptors (Lipinski definition) is 5. The molecular formula is C26H23NO5. The minimum absolute atomic E-state index is 0.0462. The number of ketones is 1. The van der Waals surface area contributed by atoms with Crippen LogP contribution >= 0.6 is 0 Å². The number of carbonyl (C=O) groups excluding carboxylic acids is 2. The highest BCUT2D eigenvalue weighted by Crippen LogP contribution is 2.40. The number of fused-ring (bicyclic) bond motifs is 1. The Balaban J connectivity index is 1.54. The summed E-state index contributed by atoms with van der Waals surface area (Å²) in [5.41, 5.74) is 2.55. The molecule has 0 aliphatic carbocycles. The maximum absolute atomic E-state index is 13.1. The molecular weight excluding hydrogens is 406 g/mol. The van der Waals surface area contributed by atoms with Crippen molar-refractivity contribution in [3.63, 3.8) is 0 Å². The number of ether oxygens (including phenoxy) is 1. The van der Waals surface area contributed by atoms with E-state index >= 15 is 0 Å². The number of nitrogens with zero attached hydrogens (tertiary/aromatic N) is 1. The van der Waals surface area contributed by atoms with Crippen LogP contribution in [0, 0.1) is 0 Å². The molecule has 2 aromatic carbocycles. The first-order chi connectivity index (χ1) is 15.5. The molecule has 6 heteroatoms. The van der Waals surface area contributed by atoms with Gasteiger partial charge in [-0.3, -0.25) is 9.59 Å². The van der Waals surface area contributed by atoms with Crippen LogP contribution in [0.3, 0.4) is 0 Å². The van der Waals surface area contributed by atoms with Gasteiger partial charge in [0.2, 0.25) is 0 Å². The van der Waals surface area contributed by atoms with E-state index in [0.717, 1.165) is 23.3 Å². The minimum atomic E-state index is -0.780. The Kier molecular flexibility index (Phi) is 5.05. The fraction of sp³-hybridized carbons (Fsp3) is 0.231. The van der Waals surface area contributed by atoms with E-state index in [1.165, 1.54) is 11.2 Å². The normalized spacial score (nSPS) is 21.6. The van der Waals surface area contributed by atoms with Gasteiger partial charge in [-0.1, -0.05) is 30.3 Å². The van der Waals surface area contributed by atoms with Gasteiger partial charge >= 0.3 is 0 Å². The van der Waals surface area contributed by atoms with Gasteiger partial charge in [0.25, 0.3) is 11.7 Å². The molecule has 2 atom stereocenters. The molecule has 0 radical (unpaired) electrons. The molecule has 0 saturated carbocycles. The largest absolute Gasteiger partial charge is 0.507 e. The zero-order chi connectivity index (χ0) is 22.2. The number of rotatable bonds is 5. The molecule has 1 saturated heterocycles. The van der Waals surface area contributed by atoms with Crippen LogP contribution in [0.4, 0.5) is 0 Å². The molecule has 1 N–H and O–H groups in total. The maximum atomic E-state index is 13.1. The van der Waals surface area contributed by atoms with E-state index in [-0.39, 0.29) is 17.4 Å². The average Bonchev–Trinajstić information content (AvgIpc) is 3.51. The molecule has 1 fully saturated rings. The molecule has 0 unspecified atom stereocenters. The molecule has 3 heterocycles. The van der Waals surface area contributed by atoms with E-state index in [4.69, 9.17) is 9.15 Å². The summed E-state index contributed by atoms with van der Waals surface area (Å²) < 4.78 is 11.3. The third-order valence-corrected chi connectivity index (χ3v) is 6.01. The topological polar surface area (TPSA) is 80.0 Å². The number of Topliss-reactive ketones (excluding diaryl/α,β-unsaturated/α-hetero) is 1. The second-order valence-electron chi connectivity index (χ2n) is 8.20. The van der Waals surface area contributed by atoms with Crippen LogP contribution in [-0.2, 0) is 22.4 Å². The van der Waals surface area contributed by atoms with Crippen LogP contribution in [0.1, 0.15) is 35.4 Å². The number of amides is 1. The Bertz CT molecular complexity index is 1200. The third kappa shape index (κ3) is 3.47. The van der Waals surface area contributed by atoms with E-state index in [0.29, 0.717) is 24.3 Å². The lowest BCUT2D eigenvalue weighted by molar-refractivity contribution is -0.140. The Labute approximate surface area is 185 Å². The quantitative estimate of drug-likeness (QED) is 0.372. The predicted molar refractivity (Wildman–Crippen MR) is 118 cm³/mol. The number of benzene rings is 2. The Morgan fingerprint density at radius 1 is 1.09 bits per heavy atom. The van der Waals surface area contributed by atoms with Gasteiger partial charge in [0.1, 0.15) is 29.4 Å². The average molecular weight is 429 g/mol. The van der Waals surface area contributed by atoms with Gasteiger partial charge in [-0.05, 0) is 54.8 Å². The summed E-state index contributed by atoms with van der Waals surface area (Å²) in [6.07, 6.45) is 2.87. The summed E-state index contributed by atoms with van der Waals surface area (Å²) in [7, 11) is 0.